The molecule has 0 heterocycles. The van der Waals surface area contributed by atoms with Gasteiger partial charge >= 0.3 is 18.4 Å². The van der Waals surface area contributed by atoms with Crippen LogP contribution in [-0.2, 0) is 12.4 Å². The minimum absolute atomic E-state index is 0.0304. The zero-order valence-electron chi connectivity index (χ0n) is 15.1. The van der Waals surface area contributed by atoms with E-state index in [4.69, 9.17) is 16.3 Å². The van der Waals surface area contributed by atoms with E-state index in [1.165, 1.54) is 0 Å². The van der Waals surface area contributed by atoms with Gasteiger partial charge in [-0.15, -0.1) is 0 Å². The molecule has 4 nitrogen and oxygen atoms in total. The summed E-state index contributed by atoms with van der Waals surface area (Å²) < 4.78 is 82.3. The fourth-order valence-corrected chi connectivity index (χ4v) is 2.49. The van der Waals surface area contributed by atoms with E-state index < -0.39 is 35.2 Å². The van der Waals surface area contributed by atoms with Gasteiger partial charge in [0.15, 0.2) is 6.73 Å². The minimum Gasteiger partial charge on any atom is -0.473 e. The second-order valence-electron chi connectivity index (χ2n) is 6.09. The molecule has 0 bridgehead atoms. The van der Waals surface area contributed by atoms with E-state index in [0.717, 1.165) is 11.1 Å². The van der Waals surface area contributed by atoms with Crippen molar-refractivity contribution in [3.8, 4) is 5.75 Å². The summed E-state index contributed by atoms with van der Waals surface area (Å²) in [7, 11) is 0. The van der Waals surface area contributed by atoms with Crippen molar-refractivity contribution in [1.82, 2.24) is 5.32 Å². The van der Waals surface area contributed by atoms with Gasteiger partial charge < -0.3 is 15.4 Å². The zero-order chi connectivity index (χ0) is 22.0. The van der Waals surface area contributed by atoms with E-state index in [1.54, 1.807) is 26.0 Å². The number of anilines is 1. The number of urea groups is 1. The van der Waals surface area contributed by atoms with Gasteiger partial charge in [-0.25, -0.2) is 4.79 Å². The topological polar surface area (TPSA) is 50.4 Å². The average Bonchev–Trinajstić information content (AvgIpc) is 2.57. The molecule has 0 aromatic heterocycles. The van der Waals surface area contributed by atoms with Gasteiger partial charge in [-0.1, -0.05) is 11.6 Å². The highest BCUT2D eigenvalue weighted by Crippen LogP contribution is 2.37. The lowest BCUT2D eigenvalue weighted by molar-refractivity contribution is -0.143. The summed E-state index contributed by atoms with van der Waals surface area (Å²) in [5.74, 6) is 0.378. The Morgan fingerprint density at radius 3 is 1.86 bits per heavy atom. The Hall–Kier alpha value is -2.62. The maximum absolute atomic E-state index is 12.8. The third-order valence-electron chi connectivity index (χ3n) is 3.73. The summed E-state index contributed by atoms with van der Waals surface area (Å²) in [5.41, 5.74) is -2.27. The molecule has 0 saturated carbocycles. The zero-order valence-corrected chi connectivity index (χ0v) is 15.8. The van der Waals surface area contributed by atoms with Crippen LogP contribution in [0.3, 0.4) is 0 Å². The van der Waals surface area contributed by atoms with E-state index in [9.17, 15) is 31.1 Å². The Morgan fingerprint density at radius 2 is 1.41 bits per heavy atom. The van der Waals surface area contributed by atoms with Crippen LogP contribution in [0.2, 0.25) is 5.02 Å². The summed E-state index contributed by atoms with van der Waals surface area (Å²) in [6.07, 6.45) is -10.0. The molecule has 29 heavy (non-hydrogen) atoms. The van der Waals surface area contributed by atoms with Crippen LogP contribution in [0.1, 0.15) is 22.3 Å². The minimum atomic E-state index is -5.01. The Kier molecular flexibility index (Phi) is 6.56. The Balaban J connectivity index is 2.06. The molecular formula is C18H15ClF6N2O2. The van der Waals surface area contributed by atoms with E-state index in [1.807, 2.05) is 5.32 Å². The number of carbonyl (C=O) groups excluding carboxylic acids is 1. The molecule has 0 radical (unpaired) electrons. The molecular weight excluding hydrogens is 426 g/mol. The van der Waals surface area contributed by atoms with Crippen LogP contribution in [0, 0.1) is 13.8 Å². The van der Waals surface area contributed by atoms with Gasteiger partial charge in [-0.3, -0.25) is 0 Å². The molecule has 2 amide bonds. The number of hydrogen-bond acceptors (Lipinski definition) is 2. The smallest absolute Gasteiger partial charge is 0.416 e. The first-order valence-electron chi connectivity index (χ1n) is 8.01. The van der Waals surface area contributed by atoms with Gasteiger partial charge in [-0.2, -0.15) is 26.3 Å². The van der Waals surface area contributed by atoms with Crippen molar-refractivity contribution < 1.29 is 35.9 Å². The van der Waals surface area contributed by atoms with Gasteiger partial charge in [-0.05, 0) is 55.3 Å². The van der Waals surface area contributed by atoms with Crippen LogP contribution >= 0.6 is 11.6 Å². The van der Waals surface area contributed by atoms with Crippen molar-refractivity contribution >= 4 is 23.3 Å². The van der Waals surface area contributed by atoms with E-state index in [-0.39, 0.29) is 12.8 Å². The number of nitrogens with one attached hydrogen (secondary N) is 2. The molecule has 0 fully saturated rings. The fourth-order valence-electron chi connectivity index (χ4n) is 2.38. The number of hydrogen-bond donors (Lipinski definition) is 2. The van der Waals surface area contributed by atoms with Crippen LogP contribution in [0.5, 0.6) is 5.75 Å². The van der Waals surface area contributed by atoms with Crippen molar-refractivity contribution in [2.45, 2.75) is 26.2 Å². The van der Waals surface area contributed by atoms with Crippen molar-refractivity contribution in [3.05, 3.63) is 57.6 Å². The summed E-state index contributed by atoms with van der Waals surface area (Å²) in [4.78, 5) is 11.8. The monoisotopic (exact) mass is 440 g/mol. The van der Waals surface area contributed by atoms with Gasteiger partial charge in [0.05, 0.1) is 11.1 Å². The first-order chi connectivity index (χ1) is 13.3. The summed E-state index contributed by atoms with van der Waals surface area (Å²) in [6.45, 7) is 3.11. The molecule has 158 valence electrons. The van der Waals surface area contributed by atoms with Crippen molar-refractivity contribution in [2.75, 3.05) is 12.0 Å². The lowest BCUT2D eigenvalue weighted by Crippen LogP contribution is -2.32. The molecule has 0 spiro atoms. The quantitative estimate of drug-likeness (QED) is 0.442. The van der Waals surface area contributed by atoms with Crippen LogP contribution in [0.25, 0.3) is 0 Å². The first-order valence-corrected chi connectivity index (χ1v) is 8.39. The molecule has 0 aliphatic carbocycles. The number of aryl methyl sites for hydroxylation is 2. The molecule has 0 unspecified atom stereocenters. The van der Waals surface area contributed by atoms with Crippen molar-refractivity contribution in [1.29, 1.82) is 0 Å². The number of halogens is 7. The highest BCUT2D eigenvalue weighted by atomic mass is 35.5. The highest BCUT2D eigenvalue weighted by Gasteiger charge is 2.37. The van der Waals surface area contributed by atoms with Crippen LogP contribution in [0.4, 0.5) is 36.8 Å². The molecule has 11 heteroatoms. The largest absolute Gasteiger partial charge is 0.473 e. The summed E-state index contributed by atoms with van der Waals surface area (Å²) in [6, 6.07) is 2.95. The first kappa shape index (κ1) is 22.7. The van der Waals surface area contributed by atoms with E-state index in [2.05, 4.69) is 5.32 Å². The molecule has 0 aliphatic heterocycles. The van der Waals surface area contributed by atoms with Crippen LogP contribution in [0.15, 0.2) is 30.3 Å². The number of amides is 2. The normalized spacial score (nSPS) is 11.9. The van der Waals surface area contributed by atoms with Crippen LogP contribution < -0.4 is 15.4 Å². The highest BCUT2D eigenvalue weighted by molar-refractivity contribution is 6.32. The molecule has 0 saturated heterocycles. The molecule has 2 aromatic carbocycles. The maximum Gasteiger partial charge on any atom is 0.416 e. The molecule has 0 atom stereocenters. The van der Waals surface area contributed by atoms with Gasteiger partial charge in [0.1, 0.15) is 5.75 Å². The second kappa shape index (κ2) is 8.40. The van der Waals surface area contributed by atoms with Gasteiger partial charge in [0.25, 0.3) is 0 Å². The Labute approximate surface area is 166 Å². The third-order valence-corrected chi connectivity index (χ3v) is 4.32. The SMILES string of the molecule is Cc1cc(OCNC(=O)Nc2cc(C(F)(F)F)cc(C(F)(F)F)c2)cc(C)c1Cl. The predicted molar refractivity (Wildman–Crippen MR) is 95.0 cm³/mol. The number of benzene rings is 2. The third kappa shape index (κ3) is 6.18. The molecule has 0 aliphatic rings. The Bertz CT molecular complexity index is 857. The molecule has 2 N–H and O–H groups in total. The standard InChI is InChI=1S/C18H15ClF6N2O2/c1-9-3-14(4-10(2)15(9)19)29-8-26-16(28)27-13-6-11(17(20,21)22)5-12(7-13)18(23,24)25/h3-7H,8H2,1-2H3,(H2,26,27,28). The van der Waals surface area contributed by atoms with Crippen molar-refractivity contribution in [2.24, 2.45) is 0 Å². The predicted octanol–water partition coefficient (Wildman–Crippen LogP) is 6.15. The number of carbonyl (C=O) groups is 1. The number of rotatable bonds is 4. The lowest BCUT2D eigenvalue weighted by atomic mass is 10.1. The number of ether oxygens (including phenoxy) is 1. The maximum atomic E-state index is 12.8. The molecule has 2 aromatic rings. The van der Waals surface area contributed by atoms with Gasteiger partial charge in [0.2, 0.25) is 0 Å². The summed E-state index contributed by atoms with van der Waals surface area (Å²) in [5, 5.41) is 4.66. The van der Waals surface area contributed by atoms with Crippen LogP contribution in [-0.4, -0.2) is 12.8 Å². The number of alkyl halides is 6. The van der Waals surface area contributed by atoms with E-state index in [0.29, 0.717) is 22.9 Å². The van der Waals surface area contributed by atoms with Gasteiger partial charge in [0, 0.05) is 10.7 Å². The average molecular weight is 441 g/mol. The summed E-state index contributed by atoms with van der Waals surface area (Å²) >= 11 is 6.02. The second-order valence-corrected chi connectivity index (χ2v) is 6.46. The molecule has 2 rings (SSSR count). The Morgan fingerprint density at radius 1 is 0.931 bits per heavy atom. The van der Waals surface area contributed by atoms with Crippen molar-refractivity contribution in [3.63, 3.8) is 0 Å². The fraction of sp³-hybridized carbons (Fsp3) is 0.278. The lowest BCUT2D eigenvalue weighted by Gasteiger charge is -2.15. The van der Waals surface area contributed by atoms with E-state index >= 15 is 0 Å².